The Morgan fingerprint density at radius 1 is 1.19 bits per heavy atom. The fourth-order valence-corrected chi connectivity index (χ4v) is 3.39. The van der Waals surface area contributed by atoms with Gasteiger partial charge >= 0.3 is 0 Å². The van der Waals surface area contributed by atoms with Crippen LogP contribution in [-0.4, -0.2) is 11.7 Å². The molecular formula is C15H24O. The van der Waals surface area contributed by atoms with Gasteiger partial charge in [-0.1, -0.05) is 31.6 Å². The lowest BCUT2D eigenvalue weighted by molar-refractivity contribution is 0.307. The molecule has 0 saturated heterocycles. The van der Waals surface area contributed by atoms with E-state index in [9.17, 15) is 5.11 Å². The molecule has 0 heterocycles. The molecule has 0 bridgehead atoms. The Morgan fingerprint density at radius 3 is 2.56 bits per heavy atom. The zero-order valence-corrected chi connectivity index (χ0v) is 10.6. The first-order valence-electron chi connectivity index (χ1n) is 6.63. The molecule has 2 rings (SSSR count). The van der Waals surface area contributed by atoms with Crippen LogP contribution >= 0.6 is 0 Å². The molecule has 0 unspecified atom stereocenters. The summed E-state index contributed by atoms with van der Waals surface area (Å²) in [6, 6.07) is 0. The van der Waals surface area contributed by atoms with E-state index in [-0.39, 0.29) is 6.61 Å². The van der Waals surface area contributed by atoms with Crippen molar-refractivity contribution >= 4 is 0 Å². The molecule has 0 saturated carbocycles. The standard InChI is InChI=1S/C15H24O/c1-10-4-6-13(12(3)9-16)8-15-11(2)5-7-14(10)15/h10-11,13,16H,3-9H2,1-2H3/t10-,11-,13+/m0/s1. The van der Waals surface area contributed by atoms with Crippen LogP contribution in [0, 0.1) is 17.8 Å². The molecule has 1 N–H and O–H groups in total. The fraction of sp³-hybridized carbons (Fsp3) is 0.733. The second kappa shape index (κ2) is 4.75. The second-order valence-electron chi connectivity index (χ2n) is 5.69. The predicted octanol–water partition coefficient (Wildman–Crippen LogP) is 3.70. The van der Waals surface area contributed by atoms with Gasteiger partial charge in [-0.15, -0.1) is 0 Å². The van der Waals surface area contributed by atoms with Crippen molar-refractivity contribution < 1.29 is 5.11 Å². The van der Waals surface area contributed by atoms with Crippen LogP contribution in [-0.2, 0) is 0 Å². The maximum atomic E-state index is 9.24. The number of hydrogen-bond acceptors (Lipinski definition) is 1. The minimum atomic E-state index is 0.163. The summed E-state index contributed by atoms with van der Waals surface area (Å²) < 4.78 is 0. The third-order valence-electron chi connectivity index (χ3n) is 4.64. The van der Waals surface area contributed by atoms with Crippen LogP contribution in [0.1, 0.15) is 46.0 Å². The summed E-state index contributed by atoms with van der Waals surface area (Å²) in [5.41, 5.74) is 4.48. The van der Waals surface area contributed by atoms with E-state index in [1.54, 1.807) is 11.1 Å². The molecular weight excluding hydrogens is 196 g/mol. The highest BCUT2D eigenvalue weighted by atomic mass is 16.3. The molecule has 0 aliphatic heterocycles. The van der Waals surface area contributed by atoms with Crippen molar-refractivity contribution in [2.45, 2.75) is 46.0 Å². The molecule has 3 atom stereocenters. The van der Waals surface area contributed by atoms with Crippen LogP contribution in [0.5, 0.6) is 0 Å². The molecule has 2 aliphatic carbocycles. The van der Waals surface area contributed by atoms with Crippen LogP contribution in [0.25, 0.3) is 0 Å². The Hall–Kier alpha value is -0.560. The molecule has 2 aliphatic rings. The van der Waals surface area contributed by atoms with Gasteiger partial charge in [-0.25, -0.2) is 0 Å². The van der Waals surface area contributed by atoms with Gasteiger partial charge in [0, 0.05) is 0 Å². The van der Waals surface area contributed by atoms with E-state index in [1.807, 2.05) is 0 Å². The van der Waals surface area contributed by atoms with Crippen LogP contribution < -0.4 is 0 Å². The van der Waals surface area contributed by atoms with Crippen molar-refractivity contribution in [3.8, 4) is 0 Å². The van der Waals surface area contributed by atoms with Crippen molar-refractivity contribution in [1.29, 1.82) is 0 Å². The zero-order valence-electron chi connectivity index (χ0n) is 10.6. The number of aliphatic hydroxyl groups is 1. The fourth-order valence-electron chi connectivity index (χ4n) is 3.39. The minimum absolute atomic E-state index is 0.163. The van der Waals surface area contributed by atoms with E-state index in [0.29, 0.717) is 5.92 Å². The van der Waals surface area contributed by atoms with Crippen molar-refractivity contribution in [2.75, 3.05) is 6.61 Å². The molecule has 1 nitrogen and oxygen atoms in total. The Labute approximate surface area is 99.3 Å². The molecule has 0 aromatic rings. The van der Waals surface area contributed by atoms with Crippen LogP contribution in [0.3, 0.4) is 0 Å². The summed E-state index contributed by atoms with van der Waals surface area (Å²) >= 11 is 0. The molecule has 90 valence electrons. The molecule has 0 aromatic carbocycles. The van der Waals surface area contributed by atoms with Crippen molar-refractivity contribution in [3.05, 3.63) is 23.3 Å². The number of hydrogen-bond donors (Lipinski definition) is 1. The zero-order chi connectivity index (χ0) is 11.7. The first kappa shape index (κ1) is 11.9. The summed E-state index contributed by atoms with van der Waals surface area (Å²) in [6.07, 6.45) is 6.30. The molecule has 0 radical (unpaired) electrons. The van der Waals surface area contributed by atoms with Gasteiger partial charge in [-0.3, -0.25) is 0 Å². The monoisotopic (exact) mass is 220 g/mol. The third-order valence-corrected chi connectivity index (χ3v) is 4.64. The van der Waals surface area contributed by atoms with Gasteiger partial charge in [0.05, 0.1) is 6.61 Å². The summed E-state index contributed by atoms with van der Waals surface area (Å²) in [5.74, 6) is 2.06. The summed E-state index contributed by atoms with van der Waals surface area (Å²) in [4.78, 5) is 0. The van der Waals surface area contributed by atoms with E-state index < -0.39 is 0 Å². The summed E-state index contributed by atoms with van der Waals surface area (Å²) in [7, 11) is 0. The molecule has 1 heteroatoms. The lowest BCUT2D eigenvalue weighted by Gasteiger charge is -2.19. The highest BCUT2D eigenvalue weighted by molar-refractivity contribution is 5.27. The third kappa shape index (κ3) is 2.10. The molecule has 0 spiro atoms. The van der Waals surface area contributed by atoms with Crippen molar-refractivity contribution in [2.24, 2.45) is 17.8 Å². The van der Waals surface area contributed by atoms with Gasteiger partial charge in [0.1, 0.15) is 0 Å². The van der Waals surface area contributed by atoms with Gasteiger partial charge in [-0.2, -0.15) is 0 Å². The Bertz CT molecular complexity index is 313. The van der Waals surface area contributed by atoms with E-state index >= 15 is 0 Å². The highest BCUT2D eigenvalue weighted by Crippen LogP contribution is 2.45. The molecule has 0 amide bonds. The molecule has 0 fully saturated rings. The quantitative estimate of drug-likeness (QED) is 0.704. The Balaban J connectivity index is 2.19. The lowest BCUT2D eigenvalue weighted by Crippen LogP contribution is -2.09. The van der Waals surface area contributed by atoms with Crippen LogP contribution in [0.15, 0.2) is 23.3 Å². The number of allylic oxidation sites excluding steroid dienone is 2. The summed E-state index contributed by atoms with van der Waals surface area (Å²) in [6.45, 7) is 8.93. The number of rotatable bonds is 2. The first-order valence-corrected chi connectivity index (χ1v) is 6.63. The van der Waals surface area contributed by atoms with Crippen molar-refractivity contribution in [1.82, 2.24) is 0 Å². The Morgan fingerprint density at radius 2 is 1.88 bits per heavy atom. The average Bonchev–Trinajstić information content (AvgIpc) is 2.55. The van der Waals surface area contributed by atoms with Crippen molar-refractivity contribution in [3.63, 3.8) is 0 Å². The van der Waals surface area contributed by atoms with E-state index in [1.165, 1.54) is 32.1 Å². The Kier molecular flexibility index (Phi) is 3.53. The van der Waals surface area contributed by atoms with Crippen LogP contribution in [0.2, 0.25) is 0 Å². The molecule has 16 heavy (non-hydrogen) atoms. The van der Waals surface area contributed by atoms with E-state index in [0.717, 1.165) is 17.4 Å². The van der Waals surface area contributed by atoms with Gasteiger partial charge in [0.2, 0.25) is 0 Å². The van der Waals surface area contributed by atoms with Gasteiger partial charge in [0.25, 0.3) is 0 Å². The second-order valence-corrected chi connectivity index (χ2v) is 5.69. The highest BCUT2D eigenvalue weighted by Gasteiger charge is 2.30. The first-order chi connectivity index (χ1) is 7.63. The maximum absolute atomic E-state index is 9.24. The van der Waals surface area contributed by atoms with E-state index in [2.05, 4.69) is 20.4 Å². The van der Waals surface area contributed by atoms with E-state index in [4.69, 9.17) is 0 Å². The van der Waals surface area contributed by atoms with Gasteiger partial charge in [0.15, 0.2) is 0 Å². The number of aliphatic hydroxyl groups excluding tert-OH is 1. The molecule has 0 aromatic heterocycles. The topological polar surface area (TPSA) is 20.2 Å². The van der Waals surface area contributed by atoms with Gasteiger partial charge in [-0.05, 0) is 55.4 Å². The smallest absolute Gasteiger partial charge is 0.0641 e. The predicted molar refractivity (Wildman–Crippen MR) is 68.2 cm³/mol. The maximum Gasteiger partial charge on any atom is 0.0641 e. The largest absolute Gasteiger partial charge is 0.392 e. The SMILES string of the molecule is C=C(CO)[C@@H]1CC[C@H](C)C2=C(C1)[C@@H](C)CC2. The normalized spacial score (nSPS) is 34.8. The lowest BCUT2D eigenvalue weighted by atomic mass is 9.87. The minimum Gasteiger partial charge on any atom is -0.392 e. The average molecular weight is 220 g/mol. The van der Waals surface area contributed by atoms with Gasteiger partial charge < -0.3 is 5.11 Å². The van der Waals surface area contributed by atoms with Crippen LogP contribution in [0.4, 0.5) is 0 Å². The summed E-state index contributed by atoms with van der Waals surface area (Å²) in [5, 5.41) is 9.24.